The Bertz CT molecular complexity index is 2370. The third kappa shape index (κ3) is 11.8. The molecule has 0 saturated carbocycles. The molecule has 0 radical (unpaired) electrons. The van der Waals surface area contributed by atoms with Crippen molar-refractivity contribution in [2.45, 2.75) is 31.3 Å². The average molecular weight is 977 g/mol. The van der Waals surface area contributed by atoms with Crippen LogP contribution in [0.4, 0.5) is 14.6 Å². The van der Waals surface area contributed by atoms with E-state index in [2.05, 4.69) is 63.7 Å². The van der Waals surface area contributed by atoms with E-state index in [1.165, 1.54) is 41.0 Å². The van der Waals surface area contributed by atoms with E-state index < -0.39 is 42.5 Å². The summed E-state index contributed by atoms with van der Waals surface area (Å²) in [7, 11) is 0.509. The summed E-state index contributed by atoms with van der Waals surface area (Å²) in [6.45, 7) is 1.72. The van der Waals surface area contributed by atoms with Gasteiger partial charge in [0, 0.05) is 32.0 Å². The van der Waals surface area contributed by atoms with Crippen LogP contribution < -0.4 is 22.7 Å². The van der Waals surface area contributed by atoms with Gasteiger partial charge in [0.2, 0.25) is 0 Å². The Morgan fingerprint density at radius 3 is 1.75 bits per heavy atom. The predicted molar refractivity (Wildman–Crippen MR) is 217 cm³/mol. The van der Waals surface area contributed by atoms with E-state index in [0.29, 0.717) is 43.9 Å². The molecule has 2 amide bonds. The van der Waals surface area contributed by atoms with Crippen LogP contribution in [0.25, 0.3) is 0 Å². The monoisotopic (exact) mass is 975 g/mol. The van der Waals surface area contributed by atoms with Crippen LogP contribution in [0.1, 0.15) is 77.6 Å². The first-order valence-electron chi connectivity index (χ1n) is 17.9. The van der Waals surface area contributed by atoms with E-state index in [9.17, 15) is 33.2 Å². The maximum atomic E-state index is 14.3. The first-order valence-corrected chi connectivity index (χ1v) is 19.5. The van der Waals surface area contributed by atoms with Crippen LogP contribution in [-0.4, -0.2) is 101 Å². The number of aromatic nitrogens is 4. The van der Waals surface area contributed by atoms with Crippen LogP contribution in [0.2, 0.25) is 0 Å². The van der Waals surface area contributed by atoms with Crippen molar-refractivity contribution in [1.82, 2.24) is 19.6 Å². The van der Waals surface area contributed by atoms with Crippen molar-refractivity contribution in [3.05, 3.63) is 90.8 Å². The molecule has 2 aromatic heterocycles. The first-order chi connectivity index (χ1) is 28.9. The molecule has 2 aliphatic rings. The largest absolute Gasteiger partial charge is 0.488 e. The van der Waals surface area contributed by atoms with Gasteiger partial charge in [-0.25, -0.2) is 18.4 Å². The molecule has 2 aromatic carbocycles. The number of hydrogen-bond acceptors (Lipinski definition) is 15. The molecule has 24 heteroatoms. The molecule has 19 nitrogen and oxygen atoms in total. The van der Waals surface area contributed by atoms with E-state index in [1.807, 2.05) is 0 Å². The number of carbonyl (C=O) groups excluding carboxylic acids is 4. The Labute approximate surface area is 363 Å². The number of primary amides is 2. The number of amides is 2. The zero-order valence-corrected chi connectivity index (χ0v) is 35.6. The van der Waals surface area contributed by atoms with Crippen molar-refractivity contribution in [1.29, 1.82) is 10.5 Å². The average Bonchev–Trinajstić information content (AvgIpc) is 3.86. The van der Waals surface area contributed by atoms with Gasteiger partial charge in [-0.1, -0.05) is 0 Å². The summed E-state index contributed by atoms with van der Waals surface area (Å²) >= 11 is 5.90. The normalized spacial score (nSPS) is 18.1. The standard InChI is InChI=1S/C19H18BrFN4O4.C10H13N5O2.C8H7BBrFO4/c1-28-19(27)12-4-10(5-14(21)17(12)20)6-15-13(18(23)26)8-25(24-15)16-9-29-3-2-11(16)7-22;11-3-6-1-2-17-5-8(6)15-4-7(10(13)16)9(12)14-15;1-15-8(12)5-2-4(9(13)14)3-6(11)7(5)10/h4-5,8,11,16H,2-3,6,9H2,1H3,(H2,23,26);4,6,8H,1-2,5H2,(H2,12,14)(H2,13,16);2-3,13-14H,1H3/t11-,16?;6-,8?;/m11./s1. The van der Waals surface area contributed by atoms with Crippen molar-refractivity contribution >= 4 is 74.0 Å². The molecule has 4 aromatic rings. The first kappa shape index (κ1) is 47.9. The van der Waals surface area contributed by atoms with Crippen LogP contribution in [0.5, 0.6) is 0 Å². The molecule has 8 N–H and O–H groups in total. The van der Waals surface area contributed by atoms with Gasteiger partial charge in [0.05, 0.1) is 94.8 Å². The lowest BCUT2D eigenvalue weighted by atomic mass is 9.79. The third-order valence-electron chi connectivity index (χ3n) is 9.38. The number of benzene rings is 2. The van der Waals surface area contributed by atoms with Gasteiger partial charge < -0.3 is 46.2 Å². The van der Waals surface area contributed by atoms with E-state index in [-0.39, 0.29) is 79.4 Å². The lowest BCUT2D eigenvalue weighted by molar-refractivity contribution is 0.0339. The molecule has 0 aliphatic carbocycles. The van der Waals surface area contributed by atoms with Crippen LogP contribution >= 0.6 is 31.9 Å². The summed E-state index contributed by atoms with van der Waals surface area (Å²) in [6.07, 6.45) is 4.22. The van der Waals surface area contributed by atoms with Gasteiger partial charge in [-0.2, -0.15) is 20.7 Å². The van der Waals surface area contributed by atoms with Gasteiger partial charge in [0.15, 0.2) is 5.82 Å². The van der Waals surface area contributed by atoms with Crippen molar-refractivity contribution in [3.63, 3.8) is 0 Å². The Morgan fingerprint density at radius 1 is 0.820 bits per heavy atom. The Hall–Kier alpha value is -5.76. The minimum absolute atomic E-state index is 0.00929. The number of nitrogens with two attached hydrogens (primary N) is 3. The zero-order chi connectivity index (χ0) is 45.1. The van der Waals surface area contributed by atoms with E-state index in [0.717, 1.165) is 19.2 Å². The third-order valence-corrected chi connectivity index (χ3v) is 11.0. The molecule has 2 unspecified atom stereocenters. The Balaban J connectivity index is 0.000000218. The quantitative estimate of drug-likeness (QED) is 0.118. The fraction of sp³-hybridized carbons (Fsp3) is 0.351. The zero-order valence-electron chi connectivity index (χ0n) is 32.4. The molecule has 0 bridgehead atoms. The van der Waals surface area contributed by atoms with Crippen molar-refractivity contribution < 1.29 is 57.0 Å². The van der Waals surface area contributed by atoms with E-state index in [4.69, 9.17) is 42.0 Å². The van der Waals surface area contributed by atoms with Crippen molar-refractivity contribution in [3.8, 4) is 12.1 Å². The summed E-state index contributed by atoms with van der Waals surface area (Å²) in [4.78, 5) is 46.0. The maximum absolute atomic E-state index is 14.3. The second kappa shape index (κ2) is 21.7. The topological polar surface area (TPSA) is 307 Å². The number of ether oxygens (including phenoxy) is 4. The molecule has 0 spiro atoms. The van der Waals surface area contributed by atoms with Gasteiger partial charge in [0.25, 0.3) is 11.8 Å². The van der Waals surface area contributed by atoms with E-state index in [1.54, 1.807) is 0 Å². The number of nitriles is 2. The number of hydrogen-bond donors (Lipinski definition) is 5. The maximum Gasteiger partial charge on any atom is 0.488 e. The Morgan fingerprint density at radius 2 is 1.30 bits per heavy atom. The van der Waals surface area contributed by atoms with Gasteiger partial charge in [0.1, 0.15) is 17.2 Å². The molecule has 4 atom stereocenters. The molecule has 2 fully saturated rings. The number of esters is 2. The highest BCUT2D eigenvalue weighted by molar-refractivity contribution is 9.10. The minimum Gasteiger partial charge on any atom is -0.465 e. The van der Waals surface area contributed by atoms with Gasteiger partial charge >= 0.3 is 19.1 Å². The molecule has 2 aliphatic heterocycles. The number of rotatable bonds is 9. The summed E-state index contributed by atoms with van der Waals surface area (Å²) in [5.74, 6) is -4.61. The van der Waals surface area contributed by atoms with Crippen molar-refractivity contribution in [2.75, 3.05) is 46.4 Å². The number of nitrogen functional groups attached to an aromatic ring is 1. The number of halogens is 4. The predicted octanol–water partition coefficient (Wildman–Crippen LogP) is 2.08. The second-order valence-electron chi connectivity index (χ2n) is 13.3. The molecule has 322 valence electrons. The summed E-state index contributed by atoms with van der Waals surface area (Å²) in [6, 6.07) is 8.64. The van der Waals surface area contributed by atoms with Gasteiger partial charge in [-0.3, -0.25) is 19.0 Å². The van der Waals surface area contributed by atoms with E-state index >= 15 is 0 Å². The highest BCUT2D eigenvalue weighted by Gasteiger charge is 2.31. The summed E-state index contributed by atoms with van der Waals surface area (Å²) in [5.41, 5.74) is 17.1. The van der Waals surface area contributed by atoms with Crippen LogP contribution in [0, 0.1) is 46.1 Å². The lowest BCUT2D eigenvalue weighted by Gasteiger charge is -2.27. The van der Waals surface area contributed by atoms with Crippen LogP contribution in [0.15, 0.2) is 45.6 Å². The molecule has 6 rings (SSSR count). The number of nitrogens with zero attached hydrogens (tertiary/aromatic N) is 6. The second-order valence-corrected chi connectivity index (χ2v) is 14.9. The van der Waals surface area contributed by atoms with Crippen molar-refractivity contribution in [2.24, 2.45) is 23.3 Å². The molecular formula is C37H38BBr2F2N9O10. The highest BCUT2D eigenvalue weighted by atomic mass is 79.9. The Kier molecular flexibility index (Phi) is 17.0. The SMILES string of the molecule is COC(=O)c1cc(B(O)O)cc(F)c1Br.COC(=O)c1cc(Cc2nn(C3COCC[C@@H]3C#N)cc2C(N)=O)cc(F)c1Br.N#C[C@H]1CCOCC1n1cc(C(N)=O)c(N)n1. The lowest BCUT2D eigenvalue weighted by Crippen LogP contribution is -2.31. The molecular weight excluding hydrogens is 939 g/mol. The minimum atomic E-state index is -1.84. The highest BCUT2D eigenvalue weighted by Crippen LogP contribution is 2.30. The number of carbonyl (C=O) groups is 4. The molecule has 61 heavy (non-hydrogen) atoms. The summed E-state index contributed by atoms with van der Waals surface area (Å²) < 4.78 is 50.3. The fourth-order valence-corrected chi connectivity index (χ4v) is 6.97. The smallest absolute Gasteiger partial charge is 0.465 e. The fourth-order valence-electron chi connectivity index (χ4n) is 6.19. The molecule has 2 saturated heterocycles. The number of methoxy groups -OCH3 is 2. The van der Waals surface area contributed by atoms with Crippen LogP contribution in [0.3, 0.4) is 0 Å². The van der Waals surface area contributed by atoms with Crippen LogP contribution in [-0.2, 0) is 25.4 Å². The number of anilines is 1. The van der Waals surface area contributed by atoms with Gasteiger partial charge in [-0.05, 0) is 80.0 Å². The summed E-state index contributed by atoms with van der Waals surface area (Å²) in [5, 5.41) is 44.5. The van der Waals surface area contributed by atoms with Gasteiger partial charge in [-0.15, -0.1) is 0 Å². The molecule has 4 heterocycles.